The number of ether oxygens (including phenoxy) is 2. The molecule has 0 unspecified atom stereocenters. The fourth-order valence-electron chi connectivity index (χ4n) is 3.01. The molecule has 0 saturated carbocycles. The molecule has 0 spiro atoms. The van der Waals surface area contributed by atoms with Crippen molar-refractivity contribution < 1.29 is 23.9 Å². The van der Waals surface area contributed by atoms with Gasteiger partial charge in [0.25, 0.3) is 5.91 Å². The van der Waals surface area contributed by atoms with Crippen LogP contribution in [0.2, 0.25) is 0 Å². The maximum absolute atomic E-state index is 12.2. The summed E-state index contributed by atoms with van der Waals surface area (Å²) in [5.41, 5.74) is 1.49. The molecule has 1 amide bonds. The Kier molecular flexibility index (Phi) is 5.85. The number of rotatable bonds is 5. The standard InChI is InChI=1S/C19H20N2O5S/c1-11-6-7-12-14(9-11)27-17(16(12)19(24)25-2)21-15(22)10-26-18(23)13-5-3-4-8-20-13/h3-5,8,11H,6-7,9-10H2,1-2H3,(H,21,22)/t11-/m1/s1. The van der Waals surface area contributed by atoms with E-state index in [0.29, 0.717) is 16.5 Å². The molecule has 2 heterocycles. The molecule has 0 bridgehead atoms. The average Bonchev–Trinajstić information content (AvgIpc) is 3.02. The van der Waals surface area contributed by atoms with Crippen LogP contribution in [0.5, 0.6) is 0 Å². The second-order valence-electron chi connectivity index (χ2n) is 6.39. The van der Waals surface area contributed by atoms with Crippen LogP contribution >= 0.6 is 11.3 Å². The summed E-state index contributed by atoms with van der Waals surface area (Å²) >= 11 is 1.38. The highest BCUT2D eigenvalue weighted by molar-refractivity contribution is 7.17. The molecule has 0 radical (unpaired) electrons. The Morgan fingerprint density at radius 1 is 1.30 bits per heavy atom. The number of methoxy groups -OCH3 is 1. The SMILES string of the molecule is COC(=O)c1c(NC(=O)COC(=O)c2ccccn2)sc2c1CC[C@@H](C)C2. The van der Waals surface area contributed by atoms with Crippen LogP contribution in [0.1, 0.15) is 44.6 Å². The third-order valence-corrected chi connectivity index (χ3v) is 5.53. The lowest BCUT2D eigenvalue weighted by molar-refractivity contribution is -0.119. The summed E-state index contributed by atoms with van der Waals surface area (Å²) < 4.78 is 9.87. The smallest absolute Gasteiger partial charge is 0.357 e. The molecule has 0 aliphatic heterocycles. The van der Waals surface area contributed by atoms with E-state index < -0.39 is 24.5 Å². The lowest BCUT2D eigenvalue weighted by atomic mass is 9.88. The van der Waals surface area contributed by atoms with Crippen LogP contribution < -0.4 is 5.32 Å². The van der Waals surface area contributed by atoms with Gasteiger partial charge in [0.2, 0.25) is 0 Å². The first-order chi connectivity index (χ1) is 13.0. The molecule has 2 aromatic heterocycles. The number of pyridine rings is 1. The lowest BCUT2D eigenvalue weighted by Crippen LogP contribution is -2.22. The highest BCUT2D eigenvalue weighted by atomic mass is 32.1. The number of anilines is 1. The minimum absolute atomic E-state index is 0.126. The highest BCUT2D eigenvalue weighted by Crippen LogP contribution is 2.39. The molecule has 1 N–H and O–H groups in total. The van der Waals surface area contributed by atoms with Crippen LogP contribution in [0.15, 0.2) is 24.4 Å². The van der Waals surface area contributed by atoms with E-state index in [1.54, 1.807) is 12.1 Å². The molecule has 0 fully saturated rings. The Balaban J connectivity index is 1.70. The second-order valence-corrected chi connectivity index (χ2v) is 7.49. The summed E-state index contributed by atoms with van der Waals surface area (Å²) in [4.78, 5) is 41.3. The van der Waals surface area contributed by atoms with Gasteiger partial charge in [-0.2, -0.15) is 0 Å². The Morgan fingerprint density at radius 2 is 2.11 bits per heavy atom. The largest absolute Gasteiger partial charge is 0.465 e. The minimum atomic E-state index is -0.682. The third kappa shape index (κ3) is 4.33. The number of aromatic nitrogens is 1. The maximum Gasteiger partial charge on any atom is 0.357 e. The fourth-order valence-corrected chi connectivity index (χ4v) is 4.42. The van der Waals surface area contributed by atoms with E-state index in [2.05, 4.69) is 17.2 Å². The van der Waals surface area contributed by atoms with Gasteiger partial charge in [-0.15, -0.1) is 11.3 Å². The van der Waals surface area contributed by atoms with Gasteiger partial charge < -0.3 is 14.8 Å². The van der Waals surface area contributed by atoms with Gasteiger partial charge >= 0.3 is 11.9 Å². The molecule has 1 atom stereocenters. The summed E-state index contributed by atoms with van der Waals surface area (Å²) in [6.07, 6.45) is 4.11. The number of hydrogen-bond donors (Lipinski definition) is 1. The van der Waals surface area contributed by atoms with Gasteiger partial charge in [-0.1, -0.05) is 13.0 Å². The van der Waals surface area contributed by atoms with E-state index in [4.69, 9.17) is 9.47 Å². The number of nitrogens with one attached hydrogen (secondary N) is 1. The zero-order valence-electron chi connectivity index (χ0n) is 15.1. The first kappa shape index (κ1) is 19.0. The van der Waals surface area contributed by atoms with Crippen molar-refractivity contribution in [3.63, 3.8) is 0 Å². The van der Waals surface area contributed by atoms with Crippen molar-refractivity contribution in [2.75, 3.05) is 19.0 Å². The fraction of sp³-hybridized carbons (Fsp3) is 0.368. The van der Waals surface area contributed by atoms with E-state index in [1.165, 1.54) is 30.7 Å². The van der Waals surface area contributed by atoms with Crippen molar-refractivity contribution in [2.45, 2.75) is 26.2 Å². The summed E-state index contributed by atoms with van der Waals surface area (Å²) in [6.45, 7) is 1.70. The van der Waals surface area contributed by atoms with Crippen LogP contribution in [0.4, 0.5) is 5.00 Å². The quantitative estimate of drug-likeness (QED) is 0.792. The number of thiophene rings is 1. The van der Waals surface area contributed by atoms with Crippen molar-refractivity contribution in [1.29, 1.82) is 0 Å². The predicted octanol–water partition coefficient (Wildman–Crippen LogP) is 2.85. The van der Waals surface area contributed by atoms with Crippen molar-refractivity contribution >= 4 is 34.2 Å². The number of nitrogens with zero attached hydrogens (tertiary/aromatic N) is 1. The number of carbonyl (C=O) groups excluding carboxylic acids is 3. The normalized spacial score (nSPS) is 15.6. The van der Waals surface area contributed by atoms with E-state index in [1.807, 2.05) is 0 Å². The minimum Gasteiger partial charge on any atom is -0.465 e. The monoisotopic (exact) mass is 388 g/mol. The van der Waals surface area contributed by atoms with Gasteiger partial charge in [-0.05, 0) is 42.9 Å². The number of fused-ring (bicyclic) bond motifs is 1. The number of hydrogen-bond acceptors (Lipinski definition) is 7. The first-order valence-electron chi connectivity index (χ1n) is 8.60. The Bertz CT molecular complexity index is 862. The third-order valence-electron chi connectivity index (χ3n) is 4.36. The van der Waals surface area contributed by atoms with Crippen LogP contribution in [0, 0.1) is 5.92 Å². The molecule has 1 aliphatic carbocycles. The summed E-state index contributed by atoms with van der Waals surface area (Å²) in [6, 6.07) is 4.84. The van der Waals surface area contributed by atoms with E-state index in [0.717, 1.165) is 29.7 Å². The molecule has 8 heteroatoms. The lowest BCUT2D eigenvalue weighted by Gasteiger charge is -2.18. The molecular formula is C19H20N2O5S. The summed E-state index contributed by atoms with van der Waals surface area (Å²) in [5.74, 6) is -1.14. The molecule has 3 rings (SSSR count). The van der Waals surface area contributed by atoms with E-state index in [-0.39, 0.29) is 5.69 Å². The molecule has 7 nitrogen and oxygen atoms in total. The van der Waals surface area contributed by atoms with Crippen molar-refractivity contribution in [3.8, 4) is 0 Å². The van der Waals surface area contributed by atoms with Crippen LogP contribution in [0.3, 0.4) is 0 Å². The Hall–Kier alpha value is -2.74. The first-order valence-corrected chi connectivity index (χ1v) is 9.42. The zero-order chi connectivity index (χ0) is 19.4. The van der Waals surface area contributed by atoms with Crippen molar-refractivity contribution in [3.05, 3.63) is 46.1 Å². The second kappa shape index (κ2) is 8.30. The Morgan fingerprint density at radius 3 is 2.81 bits per heavy atom. The van der Waals surface area contributed by atoms with Crippen LogP contribution in [-0.4, -0.2) is 36.5 Å². The molecule has 0 aromatic carbocycles. The Labute approximate surface area is 160 Å². The zero-order valence-corrected chi connectivity index (χ0v) is 15.9. The summed E-state index contributed by atoms with van der Waals surface area (Å²) in [5, 5.41) is 3.13. The van der Waals surface area contributed by atoms with E-state index in [9.17, 15) is 14.4 Å². The molecular weight excluding hydrogens is 368 g/mol. The number of esters is 2. The molecule has 0 saturated heterocycles. The maximum atomic E-state index is 12.2. The highest BCUT2D eigenvalue weighted by Gasteiger charge is 2.29. The van der Waals surface area contributed by atoms with E-state index >= 15 is 0 Å². The number of carbonyl (C=O) groups is 3. The topological polar surface area (TPSA) is 94.6 Å². The van der Waals surface area contributed by atoms with Crippen molar-refractivity contribution in [2.24, 2.45) is 5.92 Å². The molecule has 142 valence electrons. The van der Waals surface area contributed by atoms with Gasteiger partial charge in [0.15, 0.2) is 6.61 Å². The molecule has 2 aromatic rings. The number of amides is 1. The van der Waals surface area contributed by atoms with Gasteiger partial charge in [0, 0.05) is 11.1 Å². The van der Waals surface area contributed by atoms with Gasteiger partial charge in [0.05, 0.1) is 12.7 Å². The van der Waals surface area contributed by atoms with Gasteiger partial charge in [0.1, 0.15) is 10.7 Å². The average molecular weight is 388 g/mol. The van der Waals surface area contributed by atoms with Crippen LogP contribution in [0.25, 0.3) is 0 Å². The molecule has 27 heavy (non-hydrogen) atoms. The van der Waals surface area contributed by atoms with Crippen molar-refractivity contribution in [1.82, 2.24) is 4.98 Å². The van der Waals surface area contributed by atoms with Gasteiger partial charge in [-0.25, -0.2) is 14.6 Å². The summed E-state index contributed by atoms with van der Waals surface area (Å²) in [7, 11) is 1.32. The predicted molar refractivity (Wildman–Crippen MR) is 100.0 cm³/mol. The van der Waals surface area contributed by atoms with Crippen LogP contribution in [-0.2, 0) is 27.1 Å². The van der Waals surface area contributed by atoms with Gasteiger partial charge in [-0.3, -0.25) is 4.79 Å². The molecule has 1 aliphatic rings.